The van der Waals surface area contributed by atoms with Crippen molar-refractivity contribution in [3.05, 3.63) is 54.1 Å². The number of nitrogens with one attached hydrogen (secondary N) is 3. The second-order valence-electron chi connectivity index (χ2n) is 7.88. The Morgan fingerprint density at radius 2 is 1.68 bits per heavy atom. The monoisotopic (exact) mass is 383 g/mol. The summed E-state index contributed by atoms with van der Waals surface area (Å²) in [5.74, 6) is 0.433. The summed E-state index contributed by atoms with van der Waals surface area (Å²) >= 11 is 0. The zero-order valence-electron chi connectivity index (χ0n) is 17.1. The molecule has 0 heterocycles. The van der Waals surface area contributed by atoms with Crippen LogP contribution in [0.2, 0.25) is 0 Å². The Hall–Kier alpha value is -3.02. The van der Waals surface area contributed by atoms with Crippen LogP contribution in [0.15, 0.2) is 48.5 Å². The van der Waals surface area contributed by atoms with Gasteiger partial charge in [0.05, 0.1) is 12.6 Å². The maximum Gasteiger partial charge on any atom is 0.251 e. The second kappa shape index (κ2) is 9.26. The van der Waals surface area contributed by atoms with Crippen molar-refractivity contribution < 1.29 is 14.3 Å². The van der Waals surface area contributed by atoms with E-state index in [1.807, 2.05) is 58.9 Å². The molecule has 0 bridgehead atoms. The largest absolute Gasteiger partial charge is 0.491 e. The molecule has 0 atom stereocenters. The fourth-order valence-corrected chi connectivity index (χ4v) is 2.46. The van der Waals surface area contributed by atoms with E-state index in [-0.39, 0.29) is 30.0 Å². The minimum atomic E-state index is -0.298. The lowest BCUT2D eigenvalue weighted by Gasteiger charge is -2.20. The number of benzene rings is 2. The topological polar surface area (TPSA) is 79.5 Å². The van der Waals surface area contributed by atoms with E-state index < -0.39 is 0 Å². The number of ether oxygens (including phenoxy) is 1. The molecule has 2 amide bonds. The summed E-state index contributed by atoms with van der Waals surface area (Å²) < 4.78 is 5.64. The van der Waals surface area contributed by atoms with Gasteiger partial charge in [0.15, 0.2) is 0 Å². The first-order valence-electron chi connectivity index (χ1n) is 9.35. The summed E-state index contributed by atoms with van der Waals surface area (Å²) in [5.41, 5.74) is 1.69. The first kappa shape index (κ1) is 21.3. The highest BCUT2D eigenvalue weighted by Crippen LogP contribution is 2.18. The van der Waals surface area contributed by atoms with E-state index in [0.717, 1.165) is 11.4 Å². The van der Waals surface area contributed by atoms with E-state index in [2.05, 4.69) is 16.0 Å². The van der Waals surface area contributed by atoms with Gasteiger partial charge in [-0.05, 0) is 71.0 Å². The van der Waals surface area contributed by atoms with Crippen molar-refractivity contribution in [2.75, 3.05) is 17.2 Å². The highest BCUT2D eigenvalue weighted by molar-refractivity contribution is 5.97. The highest BCUT2D eigenvalue weighted by Gasteiger charge is 2.15. The molecule has 0 aliphatic rings. The second-order valence-corrected chi connectivity index (χ2v) is 7.88. The SMILES string of the molecule is CC(C)Oc1cccc(NCC(=O)Nc2ccc(C(=O)NC(C)(C)C)cc2)c1. The van der Waals surface area contributed by atoms with E-state index in [1.165, 1.54) is 0 Å². The Morgan fingerprint density at radius 1 is 1.00 bits per heavy atom. The summed E-state index contributed by atoms with van der Waals surface area (Å²) in [6.45, 7) is 9.83. The minimum absolute atomic E-state index is 0.0898. The van der Waals surface area contributed by atoms with Crippen molar-refractivity contribution in [2.45, 2.75) is 46.3 Å². The molecule has 0 aliphatic carbocycles. The number of rotatable bonds is 7. The van der Waals surface area contributed by atoms with Crippen LogP contribution < -0.4 is 20.7 Å². The van der Waals surface area contributed by atoms with Crippen LogP contribution in [0.4, 0.5) is 11.4 Å². The van der Waals surface area contributed by atoms with Crippen molar-refractivity contribution >= 4 is 23.2 Å². The van der Waals surface area contributed by atoms with E-state index in [1.54, 1.807) is 24.3 Å². The smallest absolute Gasteiger partial charge is 0.251 e. The van der Waals surface area contributed by atoms with Gasteiger partial charge < -0.3 is 20.7 Å². The molecule has 0 aliphatic heterocycles. The zero-order valence-corrected chi connectivity index (χ0v) is 17.1. The van der Waals surface area contributed by atoms with Gasteiger partial charge in [-0.25, -0.2) is 0 Å². The molecule has 150 valence electrons. The predicted octanol–water partition coefficient (Wildman–Crippen LogP) is 4.05. The van der Waals surface area contributed by atoms with Crippen LogP contribution in [-0.4, -0.2) is 30.0 Å². The Kier molecular flexibility index (Phi) is 7.04. The van der Waals surface area contributed by atoms with E-state index in [0.29, 0.717) is 11.3 Å². The molecule has 2 aromatic rings. The Bertz CT molecular complexity index is 809. The summed E-state index contributed by atoms with van der Waals surface area (Å²) in [5, 5.41) is 8.79. The molecule has 0 unspecified atom stereocenters. The molecule has 0 saturated heterocycles. The van der Waals surface area contributed by atoms with Gasteiger partial charge in [-0.1, -0.05) is 6.07 Å². The van der Waals surface area contributed by atoms with Gasteiger partial charge in [0.2, 0.25) is 5.91 Å². The Balaban J connectivity index is 1.87. The number of carbonyl (C=O) groups is 2. The third-order valence-electron chi connectivity index (χ3n) is 3.58. The Labute approximate surface area is 166 Å². The lowest BCUT2D eigenvalue weighted by molar-refractivity contribution is -0.114. The third kappa shape index (κ3) is 7.31. The van der Waals surface area contributed by atoms with Crippen LogP contribution >= 0.6 is 0 Å². The van der Waals surface area contributed by atoms with Crippen LogP contribution in [0, 0.1) is 0 Å². The summed E-state index contributed by atoms with van der Waals surface area (Å²) in [6.07, 6.45) is 0.0898. The fraction of sp³-hybridized carbons (Fsp3) is 0.364. The van der Waals surface area contributed by atoms with Gasteiger partial charge in [0, 0.05) is 28.5 Å². The molecule has 28 heavy (non-hydrogen) atoms. The van der Waals surface area contributed by atoms with Gasteiger partial charge >= 0.3 is 0 Å². The van der Waals surface area contributed by atoms with Gasteiger partial charge in [0.25, 0.3) is 5.91 Å². The van der Waals surface area contributed by atoms with Crippen LogP contribution in [0.5, 0.6) is 5.75 Å². The van der Waals surface area contributed by atoms with E-state index >= 15 is 0 Å². The standard InChI is InChI=1S/C22H29N3O3/c1-15(2)28-19-8-6-7-18(13-19)23-14-20(26)24-17-11-9-16(10-12-17)21(27)25-22(3,4)5/h6-13,15,23H,14H2,1-5H3,(H,24,26)(H,25,27). The minimum Gasteiger partial charge on any atom is -0.491 e. The summed E-state index contributed by atoms with van der Waals surface area (Å²) in [6, 6.07) is 14.3. The van der Waals surface area contributed by atoms with E-state index in [9.17, 15) is 9.59 Å². The lowest BCUT2D eigenvalue weighted by atomic mass is 10.1. The zero-order chi connectivity index (χ0) is 20.7. The van der Waals surface area contributed by atoms with Crippen molar-refractivity contribution in [1.29, 1.82) is 0 Å². The van der Waals surface area contributed by atoms with Gasteiger partial charge in [-0.3, -0.25) is 9.59 Å². The maximum atomic E-state index is 12.2. The molecule has 0 saturated carbocycles. The Morgan fingerprint density at radius 3 is 2.29 bits per heavy atom. The quantitative estimate of drug-likeness (QED) is 0.674. The number of hydrogen-bond donors (Lipinski definition) is 3. The average molecular weight is 383 g/mol. The molecule has 0 aromatic heterocycles. The molecular weight excluding hydrogens is 354 g/mol. The number of amides is 2. The molecule has 0 radical (unpaired) electrons. The van der Waals surface area contributed by atoms with Crippen molar-refractivity contribution in [1.82, 2.24) is 5.32 Å². The number of anilines is 2. The summed E-state index contributed by atoms with van der Waals surface area (Å²) in [7, 11) is 0. The third-order valence-corrected chi connectivity index (χ3v) is 3.58. The fourth-order valence-electron chi connectivity index (χ4n) is 2.46. The first-order chi connectivity index (χ1) is 13.1. The molecule has 2 aromatic carbocycles. The molecule has 0 fully saturated rings. The van der Waals surface area contributed by atoms with E-state index in [4.69, 9.17) is 4.74 Å². The average Bonchev–Trinajstić information content (AvgIpc) is 2.59. The molecule has 0 spiro atoms. The molecule has 2 rings (SSSR count). The van der Waals surface area contributed by atoms with Crippen LogP contribution in [0.3, 0.4) is 0 Å². The summed E-state index contributed by atoms with van der Waals surface area (Å²) in [4.78, 5) is 24.3. The maximum absolute atomic E-state index is 12.2. The molecular formula is C22H29N3O3. The van der Waals surface area contributed by atoms with Crippen LogP contribution in [-0.2, 0) is 4.79 Å². The van der Waals surface area contributed by atoms with Crippen LogP contribution in [0.1, 0.15) is 45.0 Å². The normalized spacial score (nSPS) is 11.1. The van der Waals surface area contributed by atoms with Gasteiger partial charge in [-0.2, -0.15) is 0 Å². The van der Waals surface area contributed by atoms with Crippen molar-refractivity contribution in [3.8, 4) is 5.75 Å². The number of hydrogen-bond acceptors (Lipinski definition) is 4. The van der Waals surface area contributed by atoms with Crippen molar-refractivity contribution in [3.63, 3.8) is 0 Å². The lowest BCUT2D eigenvalue weighted by Crippen LogP contribution is -2.40. The highest BCUT2D eigenvalue weighted by atomic mass is 16.5. The van der Waals surface area contributed by atoms with Crippen LogP contribution in [0.25, 0.3) is 0 Å². The van der Waals surface area contributed by atoms with Crippen molar-refractivity contribution in [2.24, 2.45) is 0 Å². The van der Waals surface area contributed by atoms with Gasteiger partial charge in [-0.15, -0.1) is 0 Å². The number of carbonyl (C=O) groups excluding carboxylic acids is 2. The predicted molar refractivity (Wildman–Crippen MR) is 113 cm³/mol. The van der Waals surface area contributed by atoms with Gasteiger partial charge in [0.1, 0.15) is 5.75 Å². The molecule has 6 nitrogen and oxygen atoms in total. The first-order valence-corrected chi connectivity index (χ1v) is 9.35. The molecule has 3 N–H and O–H groups in total. The molecule has 6 heteroatoms.